The lowest BCUT2D eigenvalue weighted by Crippen LogP contribution is -1.95. The molecule has 0 saturated heterocycles. The quantitative estimate of drug-likeness (QED) is 0.677. The number of imidazole rings is 1. The number of hydrogen-bond donors (Lipinski definition) is 0. The smallest absolute Gasteiger partial charge is 0.178 e. The third-order valence-electron chi connectivity index (χ3n) is 1.30. The van der Waals surface area contributed by atoms with Gasteiger partial charge in [-0.25, -0.2) is 4.98 Å². The van der Waals surface area contributed by atoms with Crippen LogP contribution in [0.4, 0.5) is 0 Å². The Morgan fingerprint density at radius 3 is 3.09 bits per heavy atom. The van der Waals surface area contributed by atoms with Crippen LogP contribution in [0.5, 0.6) is 0 Å². The Kier molecular flexibility index (Phi) is 3.86. The molecule has 0 fully saturated rings. The Balaban J connectivity index is 2.62. The molecule has 0 spiro atoms. The molecule has 0 radical (unpaired) electrons. The van der Waals surface area contributed by atoms with Crippen LogP contribution >= 0.6 is 21.6 Å². The molecule has 0 aliphatic rings. The van der Waals surface area contributed by atoms with E-state index in [1.807, 2.05) is 12.4 Å². The van der Waals surface area contributed by atoms with Crippen LogP contribution in [0.25, 0.3) is 0 Å². The number of hydrogen-bond acceptors (Lipinski definition) is 3. The molecule has 0 aromatic carbocycles. The van der Waals surface area contributed by atoms with Gasteiger partial charge in [0.15, 0.2) is 5.16 Å². The van der Waals surface area contributed by atoms with Crippen molar-refractivity contribution in [1.82, 2.24) is 9.55 Å². The van der Waals surface area contributed by atoms with Gasteiger partial charge in [0.1, 0.15) is 0 Å². The van der Waals surface area contributed by atoms with E-state index in [-0.39, 0.29) is 0 Å². The highest BCUT2D eigenvalue weighted by Gasteiger charge is 1.99. The lowest BCUT2D eigenvalue weighted by Gasteiger charge is -2.02. The molecule has 2 nitrogen and oxygen atoms in total. The highest BCUT2D eigenvalue weighted by atomic mass is 33.1. The first kappa shape index (κ1) is 9.00. The summed E-state index contributed by atoms with van der Waals surface area (Å²) < 4.78 is 2.18. The third kappa shape index (κ3) is 2.45. The van der Waals surface area contributed by atoms with E-state index in [9.17, 15) is 0 Å². The first-order valence-electron chi connectivity index (χ1n) is 3.60. The summed E-state index contributed by atoms with van der Waals surface area (Å²) in [5.41, 5.74) is 0. The molecule has 0 aliphatic heterocycles. The maximum Gasteiger partial charge on any atom is 0.178 e. The minimum absolute atomic E-state index is 1.07. The molecule has 0 amide bonds. The lowest BCUT2D eigenvalue weighted by molar-refractivity contribution is 0.622. The van der Waals surface area contributed by atoms with Gasteiger partial charge in [0, 0.05) is 18.9 Å². The van der Waals surface area contributed by atoms with Crippen LogP contribution in [0.3, 0.4) is 0 Å². The van der Waals surface area contributed by atoms with E-state index in [0.29, 0.717) is 0 Å². The number of rotatable bonds is 4. The van der Waals surface area contributed by atoms with Crippen molar-refractivity contribution in [3.05, 3.63) is 12.4 Å². The van der Waals surface area contributed by atoms with E-state index in [2.05, 4.69) is 22.7 Å². The minimum Gasteiger partial charge on any atom is -0.325 e. The number of aromatic nitrogens is 2. The molecule has 0 aliphatic carbocycles. The molecule has 1 heterocycles. The van der Waals surface area contributed by atoms with Gasteiger partial charge in [0.05, 0.1) is 0 Å². The van der Waals surface area contributed by atoms with Crippen molar-refractivity contribution in [3.63, 3.8) is 0 Å². The first-order chi connectivity index (χ1) is 5.38. The van der Waals surface area contributed by atoms with Crippen molar-refractivity contribution in [1.29, 1.82) is 0 Å². The van der Waals surface area contributed by atoms with Crippen molar-refractivity contribution in [3.8, 4) is 0 Å². The van der Waals surface area contributed by atoms with E-state index >= 15 is 0 Å². The molecule has 1 aromatic rings. The second kappa shape index (κ2) is 4.72. The Hall–Kier alpha value is -0.0900. The zero-order valence-electron chi connectivity index (χ0n) is 6.78. The maximum atomic E-state index is 4.23. The van der Waals surface area contributed by atoms with Crippen LogP contribution in [-0.4, -0.2) is 15.8 Å². The van der Waals surface area contributed by atoms with Crippen molar-refractivity contribution >= 4 is 21.6 Å². The van der Waals surface area contributed by atoms with Crippen molar-refractivity contribution < 1.29 is 0 Å². The van der Waals surface area contributed by atoms with Crippen molar-refractivity contribution in [2.75, 3.05) is 6.26 Å². The average Bonchev–Trinajstić information content (AvgIpc) is 2.39. The summed E-state index contributed by atoms with van der Waals surface area (Å²) in [6.45, 7) is 3.25. The normalized spacial score (nSPS) is 10.4. The van der Waals surface area contributed by atoms with Gasteiger partial charge in [-0.3, -0.25) is 0 Å². The summed E-state index contributed by atoms with van der Waals surface area (Å²) in [7, 11) is 3.45. The van der Waals surface area contributed by atoms with Gasteiger partial charge in [0.25, 0.3) is 0 Å². The lowest BCUT2D eigenvalue weighted by atomic mass is 10.5. The van der Waals surface area contributed by atoms with Crippen LogP contribution < -0.4 is 0 Å². The van der Waals surface area contributed by atoms with E-state index < -0.39 is 0 Å². The van der Waals surface area contributed by atoms with Crippen LogP contribution in [0, 0.1) is 0 Å². The molecule has 4 heteroatoms. The minimum atomic E-state index is 1.07. The topological polar surface area (TPSA) is 17.8 Å². The number of nitrogens with zero attached hydrogens (tertiary/aromatic N) is 2. The van der Waals surface area contributed by atoms with Gasteiger partial charge >= 0.3 is 0 Å². The molecule has 0 unspecified atom stereocenters. The summed E-state index contributed by atoms with van der Waals surface area (Å²) in [4.78, 5) is 4.23. The Bertz CT molecular complexity index is 189. The molecule has 0 N–H and O–H groups in total. The summed E-state index contributed by atoms with van der Waals surface area (Å²) >= 11 is 0. The van der Waals surface area contributed by atoms with E-state index in [1.165, 1.54) is 0 Å². The molecule has 62 valence electrons. The summed E-state index contributed by atoms with van der Waals surface area (Å²) in [5.74, 6) is 0. The standard InChI is InChI=1S/C7H12N2S2/c1-3-5-9-6-4-8-7(9)11-10-2/h4,6H,3,5H2,1-2H3. The van der Waals surface area contributed by atoms with Crippen LogP contribution in [0.15, 0.2) is 17.6 Å². The summed E-state index contributed by atoms with van der Waals surface area (Å²) in [6, 6.07) is 0. The van der Waals surface area contributed by atoms with E-state index in [1.54, 1.807) is 21.6 Å². The highest BCUT2D eigenvalue weighted by Crippen LogP contribution is 2.26. The largest absolute Gasteiger partial charge is 0.325 e. The van der Waals surface area contributed by atoms with Gasteiger partial charge < -0.3 is 4.57 Å². The van der Waals surface area contributed by atoms with Gasteiger partial charge in [-0.05, 0) is 23.5 Å². The first-order valence-corrected chi connectivity index (χ1v) is 6.16. The van der Waals surface area contributed by atoms with Gasteiger partial charge in [-0.15, -0.1) is 0 Å². The molecule has 1 aromatic heterocycles. The van der Waals surface area contributed by atoms with Crippen LogP contribution in [-0.2, 0) is 6.54 Å². The summed E-state index contributed by atoms with van der Waals surface area (Å²) in [6.07, 6.45) is 7.12. The molecular formula is C7H12N2S2. The van der Waals surface area contributed by atoms with E-state index in [0.717, 1.165) is 18.1 Å². The SMILES string of the molecule is CCCn1ccnc1SSC. The fourth-order valence-corrected chi connectivity index (χ4v) is 2.23. The fourth-order valence-electron chi connectivity index (χ4n) is 0.870. The van der Waals surface area contributed by atoms with Crippen LogP contribution in [0.2, 0.25) is 0 Å². The predicted molar refractivity (Wildman–Crippen MR) is 51.9 cm³/mol. The molecule has 1 rings (SSSR count). The maximum absolute atomic E-state index is 4.23. The average molecular weight is 188 g/mol. The predicted octanol–water partition coefficient (Wildman–Crippen LogP) is 2.66. The van der Waals surface area contributed by atoms with Gasteiger partial charge in [-0.1, -0.05) is 17.7 Å². The van der Waals surface area contributed by atoms with Gasteiger partial charge in [-0.2, -0.15) is 0 Å². The van der Waals surface area contributed by atoms with Gasteiger partial charge in [0.2, 0.25) is 0 Å². The third-order valence-corrected chi connectivity index (χ3v) is 2.90. The Morgan fingerprint density at radius 2 is 2.45 bits per heavy atom. The van der Waals surface area contributed by atoms with Crippen LogP contribution in [0.1, 0.15) is 13.3 Å². The van der Waals surface area contributed by atoms with E-state index in [4.69, 9.17) is 0 Å². The monoisotopic (exact) mass is 188 g/mol. The molecule has 0 atom stereocenters. The Morgan fingerprint density at radius 1 is 1.64 bits per heavy atom. The summed E-state index contributed by atoms with van der Waals surface area (Å²) in [5, 5.41) is 1.11. The molecule has 0 saturated carbocycles. The molecular weight excluding hydrogens is 176 g/mol. The fraction of sp³-hybridized carbons (Fsp3) is 0.571. The van der Waals surface area contributed by atoms with Crippen molar-refractivity contribution in [2.45, 2.75) is 25.0 Å². The zero-order chi connectivity index (χ0) is 8.10. The molecule has 0 bridgehead atoms. The molecule has 11 heavy (non-hydrogen) atoms. The zero-order valence-corrected chi connectivity index (χ0v) is 8.41. The Labute approximate surface area is 75.2 Å². The second-order valence-corrected chi connectivity index (χ2v) is 4.52. The number of aryl methyl sites for hydroxylation is 1. The highest BCUT2D eigenvalue weighted by molar-refractivity contribution is 8.76. The van der Waals surface area contributed by atoms with Crippen molar-refractivity contribution in [2.24, 2.45) is 0 Å². The second-order valence-electron chi connectivity index (χ2n) is 2.15.